The first kappa shape index (κ1) is 15.4. The summed E-state index contributed by atoms with van der Waals surface area (Å²) in [5, 5.41) is 19.0. The predicted octanol–water partition coefficient (Wildman–Crippen LogP) is 4.09. The van der Waals surface area contributed by atoms with Crippen molar-refractivity contribution in [3.63, 3.8) is 0 Å². The second-order valence-corrected chi connectivity index (χ2v) is 6.36. The zero-order valence-electron chi connectivity index (χ0n) is 14.2. The van der Waals surface area contributed by atoms with Gasteiger partial charge in [-0.05, 0) is 42.0 Å². The minimum absolute atomic E-state index is 0.0857. The van der Waals surface area contributed by atoms with Crippen molar-refractivity contribution < 1.29 is 4.92 Å². The fourth-order valence-electron chi connectivity index (χ4n) is 3.53. The van der Waals surface area contributed by atoms with Crippen LogP contribution in [0.2, 0.25) is 0 Å². The maximum Gasteiger partial charge on any atom is 0.269 e. The lowest BCUT2D eigenvalue weighted by Gasteiger charge is -2.28. The molecule has 0 bridgehead atoms. The summed E-state index contributed by atoms with van der Waals surface area (Å²) in [6.45, 7) is 0. The Labute approximate surface area is 154 Å². The van der Waals surface area contributed by atoms with Crippen LogP contribution in [0.25, 0.3) is 11.5 Å². The van der Waals surface area contributed by atoms with E-state index in [4.69, 9.17) is 0 Å². The molecule has 0 aliphatic carbocycles. The Morgan fingerprint density at radius 3 is 2.52 bits per heavy atom. The number of anilines is 1. The van der Waals surface area contributed by atoms with Crippen LogP contribution in [-0.2, 0) is 0 Å². The monoisotopic (exact) mass is 357 g/mol. The zero-order chi connectivity index (χ0) is 18.4. The molecule has 7 heteroatoms. The van der Waals surface area contributed by atoms with Crippen LogP contribution in [0, 0.1) is 10.1 Å². The lowest BCUT2D eigenvalue weighted by molar-refractivity contribution is -0.384. The highest BCUT2D eigenvalue weighted by molar-refractivity contribution is 5.65. The van der Waals surface area contributed by atoms with Gasteiger partial charge in [0.1, 0.15) is 0 Å². The third-order valence-corrected chi connectivity index (χ3v) is 4.79. The van der Waals surface area contributed by atoms with Gasteiger partial charge >= 0.3 is 0 Å². The molecular formula is C20H15N5O2. The molecular weight excluding hydrogens is 342 g/mol. The Kier molecular flexibility index (Phi) is 3.33. The summed E-state index contributed by atoms with van der Waals surface area (Å²) in [5.74, 6) is 0.944. The van der Waals surface area contributed by atoms with Crippen molar-refractivity contribution in [3.8, 4) is 11.5 Å². The Balaban J connectivity index is 1.60. The molecule has 4 aromatic rings. The summed E-state index contributed by atoms with van der Waals surface area (Å²) in [4.78, 5) is 10.5. The van der Waals surface area contributed by atoms with Gasteiger partial charge < -0.3 is 9.88 Å². The van der Waals surface area contributed by atoms with Crippen molar-refractivity contribution in [2.45, 2.75) is 6.04 Å². The minimum Gasteiger partial charge on any atom is -0.368 e. The summed E-state index contributed by atoms with van der Waals surface area (Å²) in [6.07, 6.45) is 3.82. The van der Waals surface area contributed by atoms with Gasteiger partial charge in [-0.3, -0.25) is 10.1 Å². The molecule has 0 fully saturated rings. The number of benzene rings is 2. The Bertz CT molecular complexity index is 1130. The highest BCUT2D eigenvalue weighted by atomic mass is 16.6. The van der Waals surface area contributed by atoms with E-state index in [2.05, 4.69) is 15.0 Å². The molecule has 1 N–H and O–H groups in total. The molecule has 0 saturated carbocycles. The van der Waals surface area contributed by atoms with E-state index in [1.165, 1.54) is 12.1 Å². The maximum absolute atomic E-state index is 10.9. The van der Waals surface area contributed by atoms with Crippen molar-refractivity contribution in [2.75, 3.05) is 5.32 Å². The number of non-ortho nitro benzene ring substituents is 1. The summed E-state index contributed by atoms with van der Waals surface area (Å²) in [7, 11) is 0. The number of fused-ring (bicyclic) bond motifs is 3. The van der Waals surface area contributed by atoms with Crippen LogP contribution in [0.1, 0.15) is 17.3 Å². The average molecular weight is 357 g/mol. The lowest BCUT2D eigenvalue weighted by atomic mass is 10.0. The summed E-state index contributed by atoms with van der Waals surface area (Å²) < 4.78 is 4.01. The van der Waals surface area contributed by atoms with E-state index in [9.17, 15) is 10.1 Å². The maximum atomic E-state index is 10.9. The van der Waals surface area contributed by atoms with E-state index >= 15 is 0 Å². The number of rotatable bonds is 3. The molecule has 0 spiro atoms. The van der Waals surface area contributed by atoms with Crippen LogP contribution in [0.5, 0.6) is 0 Å². The molecule has 132 valence electrons. The molecule has 2 aromatic carbocycles. The molecule has 1 atom stereocenters. The van der Waals surface area contributed by atoms with Crippen LogP contribution in [-0.4, -0.2) is 19.3 Å². The van der Waals surface area contributed by atoms with Gasteiger partial charge in [-0.15, -0.1) is 0 Å². The van der Waals surface area contributed by atoms with Crippen LogP contribution < -0.4 is 5.32 Å². The van der Waals surface area contributed by atoms with Crippen molar-refractivity contribution >= 4 is 11.4 Å². The zero-order valence-corrected chi connectivity index (χ0v) is 14.2. The van der Waals surface area contributed by atoms with Crippen LogP contribution >= 0.6 is 0 Å². The van der Waals surface area contributed by atoms with Crippen molar-refractivity contribution in [3.05, 3.63) is 100 Å². The smallest absolute Gasteiger partial charge is 0.269 e. The fraction of sp³-hybridized carbons (Fsp3) is 0.0500. The molecule has 0 amide bonds. The molecule has 3 heterocycles. The molecule has 1 aliphatic rings. The van der Waals surface area contributed by atoms with E-state index in [1.54, 1.807) is 12.1 Å². The van der Waals surface area contributed by atoms with E-state index < -0.39 is 0 Å². The highest BCUT2D eigenvalue weighted by Crippen LogP contribution is 2.38. The van der Waals surface area contributed by atoms with Gasteiger partial charge in [0.25, 0.3) is 5.69 Å². The van der Waals surface area contributed by atoms with Crippen LogP contribution in [0.15, 0.2) is 79.1 Å². The molecule has 0 saturated heterocycles. The Hall–Kier alpha value is -3.87. The first-order valence-electron chi connectivity index (χ1n) is 8.54. The largest absolute Gasteiger partial charge is 0.368 e. The third-order valence-electron chi connectivity index (χ3n) is 4.79. The third kappa shape index (κ3) is 2.40. The van der Waals surface area contributed by atoms with Crippen LogP contribution in [0.3, 0.4) is 0 Å². The first-order chi connectivity index (χ1) is 13.2. The van der Waals surface area contributed by atoms with Gasteiger partial charge in [-0.1, -0.05) is 18.2 Å². The molecule has 1 unspecified atom stereocenters. The van der Waals surface area contributed by atoms with Crippen molar-refractivity contribution in [1.82, 2.24) is 14.3 Å². The second kappa shape index (κ2) is 5.84. The quantitative estimate of drug-likeness (QED) is 0.442. The number of nitrogens with one attached hydrogen (secondary N) is 1. The highest BCUT2D eigenvalue weighted by Gasteiger charge is 2.28. The topological polar surface area (TPSA) is 77.9 Å². The SMILES string of the molecule is O=[N+]([O-])c1ccc(C2Nc3cnn(-c4ccccc4)c3-n3cccc32)cc1. The molecule has 2 aromatic heterocycles. The Morgan fingerprint density at radius 2 is 1.78 bits per heavy atom. The summed E-state index contributed by atoms with van der Waals surface area (Å²) in [6, 6.07) is 20.5. The number of nitro benzene ring substituents is 1. The fourth-order valence-corrected chi connectivity index (χ4v) is 3.53. The summed E-state index contributed by atoms with van der Waals surface area (Å²) in [5.41, 5.74) is 3.98. The number of aromatic nitrogens is 3. The molecule has 7 nitrogen and oxygen atoms in total. The van der Waals surface area contributed by atoms with Crippen LogP contribution in [0.4, 0.5) is 11.4 Å². The van der Waals surface area contributed by atoms with E-state index in [-0.39, 0.29) is 16.7 Å². The van der Waals surface area contributed by atoms with Gasteiger partial charge in [-0.25, -0.2) is 4.68 Å². The molecule has 1 aliphatic heterocycles. The predicted molar refractivity (Wildman–Crippen MR) is 101 cm³/mol. The van der Waals surface area contributed by atoms with Crippen molar-refractivity contribution in [2.24, 2.45) is 0 Å². The standard InChI is InChI=1S/C20H15N5O2/c26-25(27)16-10-8-14(9-11-16)19-18-7-4-12-23(18)20-17(22-19)13-21-24(20)15-5-2-1-3-6-15/h1-13,19,22H. The number of para-hydroxylation sites is 1. The van der Waals surface area contributed by atoms with Gasteiger partial charge in [0.15, 0.2) is 5.82 Å². The van der Waals surface area contributed by atoms with Gasteiger partial charge in [0, 0.05) is 18.3 Å². The van der Waals surface area contributed by atoms with Crippen molar-refractivity contribution in [1.29, 1.82) is 0 Å². The Morgan fingerprint density at radius 1 is 1.00 bits per heavy atom. The molecule has 5 rings (SSSR count). The van der Waals surface area contributed by atoms with Gasteiger partial charge in [0.2, 0.25) is 0 Å². The number of nitrogens with zero attached hydrogens (tertiary/aromatic N) is 4. The average Bonchev–Trinajstić information content (AvgIpc) is 3.34. The van der Waals surface area contributed by atoms with Gasteiger partial charge in [-0.2, -0.15) is 5.10 Å². The van der Waals surface area contributed by atoms with E-state index in [0.29, 0.717) is 0 Å². The summed E-state index contributed by atoms with van der Waals surface area (Å²) >= 11 is 0. The normalized spacial score (nSPS) is 14.9. The first-order valence-corrected chi connectivity index (χ1v) is 8.54. The second-order valence-electron chi connectivity index (χ2n) is 6.36. The van der Waals surface area contributed by atoms with E-state index in [1.807, 2.05) is 59.5 Å². The number of nitro groups is 1. The number of hydrogen-bond donors (Lipinski definition) is 1. The minimum atomic E-state index is -0.386. The molecule has 0 radical (unpaired) electrons. The van der Waals surface area contributed by atoms with E-state index in [0.717, 1.165) is 28.5 Å². The molecule has 27 heavy (non-hydrogen) atoms. The number of hydrogen-bond acceptors (Lipinski definition) is 4. The lowest BCUT2D eigenvalue weighted by Crippen LogP contribution is -2.23. The van der Waals surface area contributed by atoms with Gasteiger partial charge in [0.05, 0.1) is 34.2 Å².